The van der Waals surface area contributed by atoms with E-state index in [9.17, 15) is 0 Å². The first-order valence-electron chi connectivity index (χ1n) is 4.86. The molecule has 0 amide bonds. The zero-order chi connectivity index (χ0) is 10.8. The average molecular weight is 329 g/mol. The number of aryl methyl sites for hydroxylation is 1. The summed E-state index contributed by atoms with van der Waals surface area (Å²) in [5.74, 6) is 0.451. The zero-order valence-electron chi connectivity index (χ0n) is 8.70. The van der Waals surface area contributed by atoms with Crippen LogP contribution >= 0.6 is 33.9 Å². The SMILES string of the molecule is Cc1nc(I)sc1[C@@H](C)c1ccccc1. The van der Waals surface area contributed by atoms with E-state index in [1.165, 1.54) is 16.1 Å². The van der Waals surface area contributed by atoms with Gasteiger partial charge >= 0.3 is 0 Å². The van der Waals surface area contributed by atoms with Gasteiger partial charge in [-0.15, -0.1) is 11.3 Å². The number of hydrogen-bond acceptors (Lipinski definition) is 2. The van der Waals surface area contributed by atoms with E-state index >= 15 is 0 Å². The van der Waals surface area contributed by atoms with Crippen molar-refractivity contribution in [2.24, 2.45) is 0 Å². The van der Waals surface area contributed by atoms with Crippen molar-refractivity contribution in [2.45, 2.75) is 19.8 Å². The summed E-state index contributed by atoms with van der Waals surface area (Å²) in [6, 6.07) is 10.6. The summed E-state index contributed by atoms with van der Waals surface area (Å²) in [6.07, 6.45) is 0. The molecular weight excluding hydrogens is 317 g/mol. The van der Waals surface area contributed by atoms with E-state index in [0.29, 0.717) is 5.92 Å². The lowest BCUT2D eigenvalue weighted by molar-refractivity contribution is 0.926. The van der Waals surface area contributed by atoms with Gasteiger partial charge in [-0.05, 0) is 35.1 Å². The number of aromatic nitrogens is 1. The van der Waals surface area contributed by atoms with Crippen LogP contribution in [0.4, 0.5) is 0 Å². The van der Waals surface area contributed by atoms with Crippen molar-refractivity contribution in [3.05, 3.63) is 49.5 Å². The van der Waals surface area contributed by atoms with E-state index in [0.717, 1.165) is 3.01 Å². The Balaban J connectivity index is 2.36. The van der Waals surface area contributed by atoms with Gasteiger partial charge in [-0.3, -0.25) is 0 Å². The van der Waals surface area contributed by atoms with Crippen LogP contribution in [0.25, 0.3) is 0 Å². The quantitative estimate of drug-likeness (QED) is 0.752. The molecule has 2 rings (SSSR count). The van der Waals surface area contributed by atoms with Crippen LogP contribution in [0.3, 0.4) is 0 Å². The van der Waals surface area contributed by atoms with Crippen molar-refractivity contribution in [3.63, 3.8) is 0 Å². The van der Waals surface area contributed by atoms with Gasteiger partial charge in [0.05, 0.1) is 5.69 Å². The minimum Gasteiger partial charge on any atom is -0.235 e. The molecule has 0 aliphatic rings. The molecule has 1 aromatic heterocycles. The Morgan fingerprint density at radius 1 is 1.27 bits per heavy atom. The van der Waals surface area contributed by atoms with Crippen molar-refractivity contribution >= 4 is 33.9 Å². The first-order valence-corrected chi connectivity index (χ1v) is 6.76. The second-order valence-corrected chi connectivity index (χ2v) is 6.33. The van der Waals surface area contributed by atoms with Crippen molar-refractivity contribution in [1.29, 1.82) is 0 Å². The van der Waals surface area contributed by atoms with Crippen LogP contribution in [0, 0.1) is 9.94 Å². The van der Waals surface area contributed by atoms with Gasteiger partial charge < -0.3 is 0 Å². The Kier molecular flexibility index (Phi) is 3.41. The molecule has 0 fully saturated rings. The van der Waals surface area contributed by atoms with Gasteiger partial charge in [-0.2, -0.15) is 0 Å². The molecular formula is C12H12INS. The van der Waals surface area contributed by atoms with Crippen molar-refractivity contribution in [2.75, 3.05) is 0 Å². The molecule has 1 heterocycles. The van der Waals surface area contributed by atoms with E-state index in [-0.39, 0.29) is 0 Å². The monoisotopic (exact) mass is 329 g/mol. The van der Waals surface area contributed by atoms with Crippen LogP contribution in [0.2, 0.25) is 0 Å². The molecule has 0 N–H and O–H groups in total. The summed E-state index contributed by atoms with van der Waals surface area (Å²) in [6.45, 7) is 4.33. The highest BCUT2D eigenvalue weighted by Gasteiger charge is 2.14. The predicted octanol–water partition coefficient (Wildman–Crippen LogP) is 4.21. The second kappa shape index (κ2) is 4.61. The summed E-state index contributed by atoms with van der Waals surface area (Å²) in [7, 11) is 0. The summed E-state index contributed by atoms with van der Waals surface area (Å²) in [5.41, 5.74) is 2.53. The molecule has 1 nitrogen and oxygen atoms in total. The van der Waals surface area contributed by atoms with Gasteiger partial charge in [0.15, 0.2) is 3.01 Å². The van der Waals surface area contributed by atoms with Gasteiger partial charge in [0, 0.05) is 10.8 Å². The maximum absolute atomic E-state index is 4.46. The third-order valence-electron chi connectivity index (χ3n) is 2.50. The maximum atomic E-state index is 4.46. The Labute approximate surface area is 108 Å². The number of hydrogen-bond donors (Lipinski definition) is 0. The van der Waals surface area contributed by atoms with Gasteiger partial charge in [0.25, 0.3) is 0 Å². The molecule has 0 saturated heterocycles. The molecule has 3 heteroatoms. The minimum atomic E-state index is 0.451. The van der Waals surface area contributed by atoms with E-state index in [4.69, 9.17) is 0 Å². The summed E-state index contributed by atoms with van der Waals surface area (Å²) < 4.78 is 1.13. The van der Waals surface area contributed by atoms with Crippen LogP contribution in [0.1, 0.15) is 29.0 Å². The average Bonchev–Trinajstić information content (AvgIpc) is 2.58. The Hall–Kier alpha value is -0.420. The highest BCUT2D eigenvalue weighted by molar-refractivity contribution is 14.1. The predicted molar refractivity (Wildman–Crippen MR) is 73.5 cm³/mol. The van der Waals surface area contributed by atoms with Crippen LogP contribution in [-0.2, 0) is 0 Å². The fraction of sp³-hybridized carbons (Fsp3) is 0.250. The highest BCUT2D eigenvalue weighted by Crippen LogP contribution is 2.31. The lowest BCUT2D eigenvalue weighted by Gasteiger charge is -2.09. The molecule has 0 saturated carbocycles. The Morgan fingerprint density at radius 3 is 2.47 bits per heavy atom. The van der Waals surface area contributed by atoms with Gasteiger partial charge in [0.2, 0.25) is 0 Å². The molecule has 1 atom stereocenters. The molecule has 15 heavy (non-hydrogen) atoms. The number of halogens is 1. The van der Waals surface area contributed by atoms with Crippen molar-refractivity contribution in [3.8, 4) is 0 Å². The Bertz CT molecular complexity index is 450. The molecule has 0 bridgehead atoms. The largest absolute Gasteiger partial charge is 0.235 e. The third-order valence-corrected chi connectivity index (χ3v) is 4.53. The van der Waals surface area contributed by atoms with Crippen LogP contribution in [0.15, 0.2) is 30.3 Å². The third kappa shape index (κ3) is 2.39. The van der Waals surface area contributed by atoms with Gasteiger partial charge in [-0.25, -0.2) is 4.98 Å². The van der Waals surface area contributed by atoms with E-state index in [1.54, 1.807) is 11.3 Å². The molecule has 78 valence electrons. The number of rotatable bonds is 2. The molecule has 2 aromatic rings. The highest BCUT2D eigenvalue weighted by atomic mass is 127. The van der Waals surface area contributed by atoms with Gasteiger partial charge in [-0.1, -0.05) is 37.3 Å². The minimum absolute atomic E-state index is 0.451. The van der Waals surface area contributed by atoms with E-state index < -0.39 is 0 Å². The molecule has 0 aliphatic carbocycles. The normalized spacial score (nSPS) is 12.7. The first kappa shape index (κ1) is 11.1. The number of benzene rings is 1. The number of nitrogens with zero attached hydrogens (tertiary/aromatic N) is 1. The van der Waals surface area contributed by atoms with Crippen LogP contribution < -0.4 is 0 Å². The topological polar surface area (TPSA) is 12.9 Å². The van der Waals surface area contributed by atoms with Crippen molar-refractivity contribution < 1.29 is 0 Å². The lowest BCUT2D eigenvalue weighted by atomic mass is 9.99. The standard InChI is InChI=1S/C12H12INS/c1-8(10-6-4-3-5-7-10)11-9(2)14-12(13)15-11/h3-8H,1-2H3/t8-/m0/s1. The van der Waals surface area contributed by atoms with Crippen LogP contribution in [-0.4, -0.2) is 4.98 Å². The Morgan fingerprint density at radius 2 is 1.93 bits per heavy atom. The fourth-order valence-corrected chi connectivity index (χ4v) is 3.61. The van der Waals surface area contributed by atoms with E-state index in [1.807, 2.05) is 0 Å². The molecule has 0 unspecified atom stereocenters. The van der Waals surface area contributed by atoms with Gasteiger partial charge in [0.1, 0.15) is 0 Å². The number of thiazole rings is 1. The first-order chi connectivity index (χ1) is 7.18. The molecule has 0 radical (unpaired) electrons. The summed E-state index contributed by atoms with van der Waals surface area (Å²) in [5, 5.41) is 0. The molecule has 1 aromatic carbocycles. The zero-order valence-corrected chi connectivity index (χ0v) is 11.7. The summed E-state index contributed by atoms with van der Waals surface area (Å²) in [4.78, 5) is 5.84. The molecule has 0 spiro atoms. The molecule has 0 aliphatic heterocycles. The second-order valence-electron chi connectivity index (χ2n) is 3.55. The summed E-state index contributed by atoms with van der Waals surface area (Å²) >= 11 is 4.08. The maximum Gasteiger partial charge on any atom is 0.154 e. The fourth-order valence-electron chi connectivity index (χ4n) is 1.67. The lowest BCUT2D eigenvalue weighted by Crippen LogP contribution is -1.94. The van der Waals surface area contributed by atoms with Crippen LogP contribution in [0.5, 0.6) is 0 Å². The van der Waals surface area contributed by atoms with Crippen molar-refractivity contribution in [1.82, 2.24) is 4.98 Å². The smallest absolute Gasteiger partial charge is 0.154 e. The van der Waals surface area contributed by atoms with E-state index in [2.05, 4.69) is 71.8 Å².